The lowest BCUT2D eigenvalue weighted by atomic mass is 10.1. The molecule has 0 radical (unpaired) electrons. The zero-order valence-electron chi connectivity index (χ0n) is 18.7. The van der Waals surface area contributed by atoms with Gasteiger partial charge in [-0.1, -0.05) is 64.4 Å². The molecule has 0 amide bonds. The van der Waals surface area contributed by atoms with Gasteiger partial charge in [0.1, 0.15) is 6.10 Å². The topological polar surface area (TPSA) is 44.8 Å². The van der Waals surface area contributed by atoms with E-state index < -0.39 is 5.79 Å². The molecule has 0 aromatic heterocycles. The van der Waals surface area contributed by atoms with Crippen LogP contribution >= 0.6 is 0 Å². The molecule has 0 aromatic rings. The van der Waals surface area contributed by atoms with Gasteiger partial charge in [0.25, 0.3) is 0 Å². The number of carbonyl (C=O) groups is 1. The summed E-state index contributed by atoms with van der Waals surface area (Å²) in [4.78, 5) is 11.9. The molecule has 28 heavy (non-hydrogen) atoms. The van der Waals surface area contributed by atoms with Crippen LogP contribution in [-0.4, -0.2) is 37.5 Å². The van der Waals surface area contributed by atoms with Crippen LogP contribution in [0.3, 0.4) is 0 Å². The van der Waals surface area contributed by atoms with Gasteiger partial charge < -0.3 is 14.2 Å². The van der Waals surface area contributed by atoms with Gasteiger partial charge in [-0.2, -0.15) is 0 Å². The number of hydrogen-bond donors (Lipinski definition) is 0. The van der Waals surface area contributed by atoms with Gasteiger partial charge in [0.05, 0.1) is 13.2 Å². The second-order valence-electron chi connectivity index (χ2n) is 8.47. The van der Waals surface area contributed by atoms with Gasteiger partial charge in [-0.3, -0.25) is 4.79 Å². The summed E-state index contributed by atoms with van der Waals surface area (Å²) in [5.74, 6) is -0.244. The fraction of sp³-hybridized carbons (Fsp3) is 0.875. The summed E-state index contributed by atoms with van der Waals surface area (Å²) >= 11 is 0. The van der Waals surface area contributed by atoms with Crippen LogP contribution < -0.4 is 0 Å². The quantitative estimate of drug-likeness (QED) is 0.199. The summed E-state index contributed by atoms with van der Waals surface area (Å²) < 4.78 is 16.8. The van der Waals surface area contributed by atoms with Crippen molar-refractivity contribution in [1.82, 2.24) is 0 Å². The van der Waals surface area contributed by atoms with Crippen molar-refractivity contribution in [3.8, 4) is 0 Å². The van der Waals surface area contributed by atoms with Gasteiger partial charge in [-0.05, 0) is 45.6 Å². The summed E-state index contributed by atoms with van der Waals surface area (Å²) in [5, 5.41) is 0. The van der Waals surface area contributed by atoms with Crippen LogP contribution in [0.2, 0.25) is 0 Å². The minimum Gasteiger partial charge on any atom is -0.379 e. The Morgan fingerprint density at radius 2 is 1.68 bits per heavy atom. The molecule has 164 valence electrons. The van der Waals surface area contributed by atoms with E-state index in [1.54, 1.807) is 6.08 Å². The van der Waals surface area contributed by atoms with Crippen molar-refractivity contribution in [3.63, 3.8) is 0 Å². The molecule has 1 saturated heterocycles. The molecule has 1 heterocycles. The molecule has 0 N–H and O–H groups in total. The Kier molecular flexibility index (Phi) is 14.6. The zero-order valence-corrected chi connectivity index (χ0v) is 18.7. The Morgan fingerprint density at radius 3 is 2.32 bits per heavy atom. The SMILES string of the molecule is CCCCCCCCCCC/C=C/C(=O)CCCCOC[C@@H]1COC(C)(C)O1. The molecule has 0 bridgehead atoms. The summed E-state index contributed by atoms with van der Waals surface area (Å²) in [7, 11) is 0. The average molecular weight is 397 g/mol. The van der Waals surface area contributed by atoms with Crippen molar-refractivity contribution in [2.75, 3.05) is 19.8 Å². The molecule has 0 aliphatic carbocycles. The Morgan fingerprint density at radius 1 is 1.00 bits per heavy atom. The largest absolute Gasteiger partial charge is 0.379 e. The predicted molar refractivity (Wildman–Crippen MR) is 116 cm³/mol. The first-order valence-corrected chi connectivity index (χ1v) is 11.6. The van der Waals surface area contributed by atoms with Crippen LogP contribution in [-0.2, 0) is 19.0 Å². The van der Waals surface area contributed by atoms with Crippen molar-refractivity contribution in [2.24, 2.45) is 0 Å². The molecule has 0 aromatic carbocycles. The van der Waals surface area contributed by atoms with Crippen LogP contribution in [0.4, 0.5) is 0 Å². The lowest BCUT2D eigenvalue weighted by molar-refractivity contribution is -0.145. The molecule has 1 rings (SSSR count). The Labute approximate surface area is 173 Å². The first kappa shape index (κ1) is 25.3. The van der Waals surface area contributed by atoms with Gasteiger partial charge >= 0.3 is 0 Å². The number of unbranched alkanes of at least 4 members (excludes halogenated alkanes) is 10. The minimum absolute atomic E-state index is 0.0284. The van der Waals surface area contributed by atoms with E-state index in [9.17, 15) is 4.79 Å². The number of carbonyl (C=O) groups excluding carboxylic acids is 1. The van der Waals surface area contributed by atoms with E-state index >= 15 is 0 Å². The zero-order chi connectivity index (χ0) is 20.5. The summed E-state index contributed by atoms with van der Waals surface area (Å²) in [6.07, 6.45) is 19.4. The average Bonchev–Trinajstić information content (AvgIpc) is 3.01. The summed E-state index contributed by atoms with van der Waals surface area (Å²) in [6.45, 7) is 7.93. The van der Waals surface area contributed by atoms with Crippen LogP contribution in [0, 0.1) is 0 Å². The lowest BCUT2D eigenvalue weighted by Crippen LogP contribution is -2.24. The highest BCUT2D eigenvalue weighted by molar-refractivity contribution is 5.89. The van der Waals surface area contributed by atoms with E-state index in [0.717, 1.165) is 19.3 Å². The third kappa shape index (κ3) is 14.3. The van der Waals surface area contributed by atoms with E-state index in [-0.39, 0.29) is 11.9 Å². The Hall–Kier alpha value is -0.710. The molecular formula is C24H44O4. The highest BCUT2D eigenvalue weighted by Crippen LogP contribution is 2.22. The number of ketones is 1. The van der Waals surface area contributed by atoms with E-state index in [1.165, 1.54) is 57.8 Å². The van der Waals surface area contributed by atoms with Gasteiger partial charge in [0, 0.05) is 13.0 Å². The standard InChI is InChI=1S/C24H44O4/c1-4-5-6-7-8-9-10-11-12-13-14-17-22(25)18-15-16-19-26-20-23-21-27-24(2,3)28-23/h14,17,23H,4-13,15-16,18-21H2,1-3H3/b17-14+/t23-/m1/s1. The lowest BCUT2D eigenvalue weighted by Gasteiger charge is -2.17. The van der Waals surface area contributed by atoms with Gasteiger partial charge in [-0.25, -0.2) is 0 Å². The molecule has 1 atom stereocenters. The van der Waals surface area contributed by atoms with Crippen molar-refractivity contribution < 1.29 is 19.0 Å². The second-order valence-corrected chi connectivity index (χ2v) is 8.47. The number of ether oxygens (including phenoxy) is 3. The third-order valence-electron chi connectivity index (χ3n) is 5.11. The minimum atomic E-state index is -0.485. The fourth-order valence-electron chi connectivity index (χ4n) is 3.43. The van der Waals surface area contributed by atoms with Gasteiger partial charge in [0.2, 0.25) is 0 Å². The van der Waals surface area contributed by atoms with Gasteiger partial charge in [-0.15, -0.1) is 0 Å². The maximum absolute atomic E-state index is 11.9. The van der Waals surface area contributed by atoms with Gasteiger partial charge in [0.15, 0.2) is 11.6 Å². The molecule has 4 heteroatoms. The molecule has 1 aliphatic rings. The van der Waals surface area contributed by atoms with E-state index in [4.69, 9.17) is 14.2 Å². The normalized spacial score (nSPS) is 18.9. The smallest absolute Gasteiger partial charge is 0.163 e. The van der Waals surface area contributed by atoms with Crippen molar-refractivity contribution in [3.05, 3.63) is 12.2 Å². The molecule has 0 spiro atoms. The molecule has 0 saturated carbocycles. The Bertz CT molecular complexity index is 417. The highest BCUT2D eigenvalue weighted by Gasteiger charge is 2.32. The molecule has 0 unspecified atom stereocenters. The number of hydrogen-bond acceptors (Lipinski definition) is 4. The van der Waals surface area contributed by atoms with Crippen molar-refractivity contribution in [1.29, 1.82) is 0 Å². The van der Waals surface area contributed by atoms with E-state index in [0.29, 0.717) is 26.2 Å². The fourth-order valence-corrected chi connectivity index (χ4v) is 3.43. The van der Waals surface area contributed by atoms with Crippen LogP contribution in [0.1, 0.15) is 104 Å². The van der Waals surface area contributed by atoms with Crippen LogP contribution in [0.5, 0.6) is 0 Å². The van der Waals surface area contributed by atoms with Crippen molar-refractivity contribution in [2.45, 2.75) is 116 Å². The molecule has 4 nitrogen and oxygen atoms in total. The monoisotopic (exact) mass is 396 g/mol. The maximum atomic E-state index is 11.9. The first-order chi connectivity index (χ1) is 13.5. The Balaban J connectivity index is 1.83. The number of allylic oxidation sites excluding steroid dienone is 2. The van der Waals surface area contributed by atoms with Crippen molar-refractivity contribution >= 4 is 5.78 Å². The predicted octanol–water partition coefficient (Wildman–Crippen LogP) is 6.37. The highest BCUT2D eigenvalue weighted by atomic mass is 16.7. The molecule has 1 fully saturated rings. The van der Waals surface area contributed by atoms with Crippen LogP contribution in [0.15, 0.2) is 12.2 Å². The number of rotatable bonds is 18. The molecular weight excluding hydrogens is 352 g/mol. The molecule has 1 aliphatic heterocycles. The van der Waals surface area contributed by atoms with Crippen LogP contribution in [0.25, 0.3) is 0 Å². The van der Waals surface area contributed by atoms with E-state index in [2.05, 4.69) is 13.0 Å². The first-order valence-electron chi connectivity index (χ1n) is 11.6. The van der Waals surface area contributed by atoms with E-state index in [1.807, 2.05) is 13.8 Å². The second kappa shape index (κ2) is 16.1. The summed E-state index contributed by atoms with van der Waals surface area (Å²) in [6, 6.07) is 0. The third-order valence-corrected chi connectivity index (χ3v) is 5.11. The summed E-state index contributed by atoms with van der Waals surface area (Å²) in [5.41, 5.74) is 0. The maximum Gasteiger partial charge on any atom is 0.163 e.